The number of ether oxygens (including phenoxy) is 4. The van der Waals surface area contributed by atoms with Gasteiger partial charge in [0, 0.05) is 35.2 Å². The van der Waals surface area contributed by atoms with Gasteiger partial charge in [0.2, 0.25) is 0 Å². The standard InChI is InChI=1S/C29H28ClFN2O8S/c1-38-19-10-12-26(25(15-19)40-3)42(36,37)33-22-11-9-17(30)13-21(22)29(28(33)35,20-7-5-6-8-24(20)39-2)32-16-18(31)14-23(32)27(34)41-4/h5-13,15,18,23H,14,16H2,1-4H3/t18-,23-,29?/m0/s1. The number of carbonyl (C=O) groups excluding carboxylic acids is 2. The van der Waals surface area contributed by atoms with E-state index in [1.807, 2.05) is 0 Å². The molecule has 3 aromatic rings. The number of para-hydroxylation sites is 1. The van der Waals surface area contributed by atoms with Crippen LogP contribution in [-0.4, -0.2) is 72.4 Å². The normalized spacial score (nSPS) is 22.1. The number of rotatable bonds is 8. The molecule has 222 valence electrons. The van der Waals surface area contributed by atoms with Gasteiger partial charge < -0.3 is 18.9 Å². The number of benzene rings is 3. The Morgan fingerprint density at radius 3 is 2.33 bits per heavy atom. The zero-order valence-corrected chi connectivity index (χ0v) is 24.7. The Kier molecular flexibility index (Phi) is 7.82. The molecule has 0 aromatic heterocycles. The smallest absolute Gasteiger partial charge is 0.323 e. The number of hydrogen-bond acceptors (Lipinski definition) is 9. The molecule has 2 aliphatic heterocycles. The van der Waals surface area contributed by atoms with E-state index >= 15 is 9.18 Å². The fourth-order valence-corrected chi connectivity index (χ4v) is 7.60. The summed E-state index contributed by atoms with van der Waals surface area (Å²) in [5.74, 6) is -1.28. The van der Waals surface area contributed by atoms with Crippen LogP contribution in [0, 0.1) is 0 Å². The number of nitrogens with zero attached hydrogens (tertiary/aromatic N) is 2. The predicted octanol–water partition coefficient (Wildman–Crippen LogP) is 3.93. The Bertz CT molecular complexity index is 1670. The Morgan fingerprint density at radius 1 is 0.952 bits per heavy atom. The molecule has 2 heterocycles. The molecule has 42 heavy (non-hydrogen) atoms. The second-order valence-electron chi connectivity index (χ2n) is 9.69. The van der Waals surface area contributed by atoms with E-state index in [4.69, 9.17) is 30.5 Å². The molecule has 1 fully saturated rings. The van der Waals surface area contributed by atoms with Crippen molar-refractivity contribution in [2.75, 3.05) is 39.3 Å². The van der Waals surface area contributed by atoms with Crippen molar-refractivity contribution in [1.29, 1.82) is 0 Å². The molecule has 1 amide bonds. The zero-order chi connectivity index (χ0) is 30.4. The molecule has 0 aliphatic carbocycles. The van der Waals surface area contributed by atoms with Gasteiger partial charge in [0.15, 0.2) is 5.54 Å². The SMILES string of the molecule is COC(=O)[C@@H]1C[C@H](F)CN1C1(c2ccccc2OC)C(=O)N(S(=O)(=O)c2ccc(OC)cc2OC)c2ccc(Cl)cc21. The van der Waals surface area contributed by atoms with Crippen LogP contribution in [-0.2, 0) is 29.9 Å². The second-order valence-corrected chi connectivity index (χ2v) is 11.9. The second kappa shape index (κ2) is 11.1. The molecule has 0 radical (unpaired) electrons. The van der Waals surface area contributed by atoms with Gasteiger partial charge >= 0.3 is 5.97 Å². The van der Waals surface area contributed by atoms with Gasteiger partial charge in [0.25, 0.3) is 15.9 Å². The van der Waals surface area contributed by atoms with Crippen LogP contribution in [0.4, 0.5) is 10.1 Å². The van der Waals surface area contributed by atoms with Gasteiger partial charge in [-0.1, -0.05) is 29.8 Å². The molecule has 0 spiro atoms. The lowest BCUT2D eigenvalue weighted by molar-refractivity contribution is -0.149. The predicted molar refractivity (Wildman–Crippen MR) is 151 cm³/mol. The highest BCUT2D eigenvalue weighted by Gasteiger charge is 2.64. The lowest BCUT2D eigenvalue weighted by Gasteiger charge is -2.41. The molecule has 5 rings (SSSR count). The number of carbonyl (C=O) groups is 2. The average Bonchev–Trinajstić information content (AvgIpc) is 3.51. The maximum atomic E-state index is 15.2. The monoisotopic (exact) mass is 618 g/mol. The van der Waals surface area contributed by atoms with Crippen molar-refractivity contribution in [3.8, 4) is 17.2 Å². The molecular weight excluding hydrogens is 591 g/mol. The summed E-state index contributed by atoms with van der Waals surface area (Å²) in [4.78, 5) is 29.1. The van der Waals surface area contributed by atoms with E-state index in [2.05, 4.69) is 0 Å². The number of fused-ring (bicyclic) bond motifs is 1. The summed E-state index contributed by atoms with van der Waals surface area (Å²) in [6.45, 7) is -0.380. The third kappa shape index (κ3) is 4.36. The molecule has 0 bridgehead atoms. The Hall–Kier alpha value is -3.87. The number of anilines is 1. The molecule has 3 aromatic carbocycles. The largest absolute Gasteiger partial charge is 0.497 e. The van der Waals surface area contributed by atoms with E-state index in [0.29, 0.717) is 10.1 Å². The van der Waals surface area contributed by atoms with Crippen LogP contribution in [0.15, 0.2) is 65.6 Å². The third-order valence-corrected chi connectivity index (χ3v) is 9.57. The van der Waals surface area contributed by atoms with Gasteiger partial charge in [-0.3, -0.25) is 14.5 Å². The first-order valence-electron chi connectivity index (χ1n) is 12.8. The highest BCUT2D eigenvalue weighted by atomic mass is 35.5. The number of likely N-dealkylation sites (tertiary alicyclic amines) is 1. The quantitative estimate of drug-likeness (QED) is 0.347. The van der Waals surface area contributed by atoms with Gasteiger partial charge in [-0.05, 0) is 36.4 Å². The van der Waals surface area contributed by atoms with E-state index in [-0.39, 0.29) is 51.2 Å². The summed E-state index contributed by atoms with van der Waals surface area (Å²) >= 11 is 6.45. The maximum absolute atomic E-state index is 15.2. The Labute approximate surface area is 247 Å². The third-order valence-electron chi connectivity index (χ3n) is 7.60. The summed E-state index contributed by atoms with van der Waals surface area (Å²) in [5, 5.41) is 0.188. The van der Waals surface area contributed by atoms with Gasteiger partial charge in [-0.2, -0.15) is 0 Å². The Balaban J connectivity index is 1.86. The molecule has 0 N–H and O–H groups in total. The number of amides is 1. The molecule has 3 atom stereocenters. The molecule has 10 nitrogen and oxygen atoms in total. The van der Waals surface area contributed by atoms with E-state index < -0.39 is 39.7 Å². The first-order chi connectivity index (χ1) is 20.1. The fourth-order valence-electron chi connectivity index (χ4n) is 5.82. The lowest BCUT2D eigenvalue weighted by atomic mass is 9.81. The molecule has 0 saturated carbocycles. The van der Waals surface area contributed by atoms with Crippen LogP contribution in [0.3, 0.4) is 0 Å². The number of halogens is 2. The highest BCUT2D eigenvalue weighted by Crippen LogP contribution is 2.55. The van der Waals surface area contributed by atoms with Crippen LogP contribution in [0.2, 0.25) is 5.02 Å². The highest BCUT2D eigenvalue weighted by molar-refractivity contribution is 7.93. The van der Waals surface area contributed by atoms with Crippen molar-refractivity contribution < 1.29 is 41.3 Å². The van der Waals surface area contributed by atoms with E-state index in [9.17, 15) is 13.2 Å². The van der Waals surface area contributed by atoms with E-state index in [0.717, 1.165) is 7.11 Å². The number of methoxy groups -OCH3 is 4. The van der Waals surface area contributed by atoms with E-state index in [1.54, 1.807) is 24.3 Å². The minimum atomic E-state index is -4.68. The van der Waals surface area contributed by atoms with Gasteiger partial charge in [-0.15, -0.1) is 0 Å². The van der Waals surface area contributed by atoms with Crippen LogP contribution in [0.25, 0.3) is 0 Å². The number of alkyl halides is 1. The molecular formula is C29H28ClFN2O8S. The zero-order valence-electron chi connectivity index (χ0n) is 23.2. The van der Waals surface area contributed by atoms with Crippen LogP contribution >= 0.6 is 11.6 Å². The number of esters is 1. The number of hydrogen-bond donors (Lipinski definition) is 0. The van der Waals surface area contributed by atoms with Crippen molar-refractivity contribution in [3.05, 3.63) is 76.8 Å². The maximum Gasteiger partial charge on any atom is 0.323 e. The summed E-state index contributed by atoms with van der Waals surface area (Å²) in [6, 6.07) is 13.6. The minimum absolute atomic E-state index is 0.0286. The minimum Gasteiger partial charge on any atom is -0.497 e. The van der Waals surface area contributed by atoms with Crippen LogP contribution in [0.5, 0.6) is 17.2 Å². The van der Waals surface area contributed by atoms with Crippen molar-refractivity contribution in [1.82, 2.24) is 4.90 Å². The molecule has 1 unspecified atom stereocenters. The van der Waals surface area contributed by atoms with Crippen molar-refractivity contribution in [2.45, 2.75) is 29.1 Å². The van der Waals surface area contributed by atoms with Gasteiger partial charge in [0.05, 0.1) is 34.1 Å². The first-order valence-corrected chi connectivity index (χ1v) is 14.6. The van der Waals surface area contributed by atoms with Gasteiger partial charge in [-0.25, -0.2) is 17.1 Å². The van der Waals surface area contributed by atoms with Crippen LogP contribution < -0.4 is 18.5 Å². The van der Waals surface area contributed by atoms with Crippen molar-refractivity contribution in [3.63, 3.8) is 0 Å². The van der Waals surface area contributed by atoms with E-state index in [1.165, 1.54) is 62.6 Å². The van der Waals surface area contributed by atoms with Crippen LogP contribution in [0.1, 0.15) is 17.5 Å². The lowest BCUT2D eigenvalue weighted by Crippen LogP contribution is -2.58. The summed E-state index contributed by atoms with van der Waals surface area (Å²) in [5.41, 5.74) is -1.76. The Morgan fingerprint density at radius 2 is 1.67 bits per heavy atom. The molecule has 13 heteroatoms. The average molecular weight is 619 g/mol. The van der Waals surface area contributed by atoms with Crippen molar-refractivity contribution in [2.24, 2.45) is 0 Å². The summed E-state index contributed by atoms with van der Waals surface area (Å²) in [7, 11) is 0.576. The van der Waals surface area contributed by atoms with Gasteiger partial charge in [0.1, 0.15) is 34.4 Å². The fraction of sp³-hybridized carbons (Fsp3) is 0.310. The van der Waals surface area contributed by atoms with Crippen molar-refractivity contribution >= 4 is 39.2 Å². The summed E-state index contributed by atoms with van der Waals surface area (Å²) < 4.78 is 65.9. The summed E-state index contributed by atoms with van der Waals surface area (Å²) in [6.07, 6.45) is -1.80. The first kappa shape index (κ1) is 29.6. The molecule has 2 aliphatic rings. The number of sulfonamides is 1. The molecule has 1 saturated heterocycles. The topological polar surface area (TPSA) is 112 Å².